The van der Waals surface area contributed by atoms with Crippen LogP contribution < -0.4 is 5.32 Å². The summed E-state index contributed by atoms with van der Waals surface area (Å²) in [4.78, 5) is 13.8. The molecule has 1 rings (SSSR count). The number of nitrogens with zero attached hydrogens (tertiary/aromatic N) is 1. The highest BCUT2D eigenvalue weighted by atomic mass is 16.5. The van der Waals surface area contributed by atoms with Crippen LogP contribution in [0.15, 0.2) is 0 Å². The zero-order valence-electron chi connectivity index (χ0n) is 11.8. The van der Waals surface area contributed by atoms with Crippen molar-refractivity contribution in [3.63, 3.8) is 0 Å². The highest BCUT2D eigenvalue weighted by Gasteiger charge is 2.22. The van der Waals surface area contributed by atoms with E-state index < -0.39 is 0 Å². The summed E-state index contributed by atoms with van der Waals surface area (Å²) in [6.07, 6.45) is 2.24. The van der Waals surface area contributed by atoms with Crippen LogP contribution in [0.3, 0.4) is 0 Å². The van der Waals surface area contributed by atoms with Crippen molar-refractivity contribution in [2.75, 3.05) is 47.0 Å². The third-order valence-electron chi connectivity index (χ3n) is 3.34. The number of esters is 1. The van der Waals surface area contributed by atoms with E-state index in [9.17, 15) is 4.79 Å². The maximum absolute atomic E-state index is 11.6. The highest BCUT2D eigenvalue weighted by Crippen LogP contribution is 2.15. The summed E-state index contributed by atoms with van der Waals surface area (Å²) in [5.74, 6) is 0.499. The predicted octanol–water partition coefficient (Wildman–Crippen LogP) is 0.496. The van der Waals surface area contributed by atoms with Crippen molar-refractivity contribution in [1.82, 2.24) is 10.2 Å². The fraction of sp³-hybridized carbons (Fsp3) is 0.923. The van der Waals surface area contributed by atoms with Crippen LogP contribution in [0, 0.1) is 5.92 Å². The lowest BCUT2D eigenvalue weighted by molar-refractivity contribution is -0.143. The molecule has 1 atom stereocenters. The minimum Gasteiger partial charge on any atom is -0.468 e. The van der Waals surface area contributed by atoms with Gasteiger partial charge >= 0.3 is 5.97 Å². The molecule has 0 saturated carbocycles. The van der Waals surface area contributed by atoms with Gasteiger partial charge in [0.05, 0.1) is 7.11 Å². The molecule has 0 aromatic rings. The minimum atomic E-state index is -0.232. The second-order valence-corrected chi connectivity index (χ2v) is 4.91. The smallest absolute Gasteiger partial charge is 0.324 e. The van der Waals surface area contributed by atoms with E-state index in [1.54, 1.807) is 0 Å². The average Bonchev–Trinajstić information content (AvgIpc) is 2.38. The van der Waals surface area contributed by atoms with Gasteiger partial charge in [-0.05, 0) is 32.4 Å². The average molecular weight is 258 g/mol. The monoisotopic (exact) mass is 258 g/mol. The van der Waals surface area contributed by atoms with Crippen LogP contribution >= 0.6 is 0 Å². The van der Waals surface area contributed by atoms with Gasteiger partial charge in [0.15, 0.2) is 0 Å². The standard InChI is InChI=1S/C13H26N2O3/c1-4-14-12(13(16)17-3)10-15(2)9-11-5-7-18-8-6-11/h11-12,14H,4-10H2,1-3H3. The molecule has 1 aliphatic heterocycles. The molecule has 0 aliphatic carbocycles. The Morgan fingerprint density at radius 1 is 1.50 bits per heavy atom. The number of rotatable bonds is 7. The van der Waals surface area contributed by atoms with Gasteiger partial charge < -0.3 is 19.7 Å². The molecule has 0 amide bonds. The van der Waals surface area contributed by atoms with Crippen LogP contribution in [0.4, 0.5) is 0 Å². The van der Waals surface area contributed by atoms with Gasteiger partial charge in [-0.2, -0.15) is 0 Å². The molecular formula is C13H26N2O3. The van der Waals surface area contributed by atoms with Gasteiger partial charge in [0.25, 0.3) is 0 Å². The largest absolute Gasteiger partial charge is 0.468 e. The van der Waals surface area contributed by atoms with E-state index in [0.717, 1.165) is 39.1 Å². The second kappa shape index (κ2) is 8.45. The molecule has 1 unspecified atom stereocenters. The lowest BCUT2D eigenvalue weighted by Gasteiger charge is -2.29. The zero-order chi connectivity index (χ0) is 13.4. The molecule has 1 fully saturated rings. The first-order valence-electron chi connectivity index (χ1n) is 6.74. The molecule has 5 heteroatoms. The third kappa shape index (κ3) is 5.33. The van der Waals surface area contributed by atoms with E-state index in [1.165, 1.54) is 7.11 Å². The molecule has 18 heavy (non-hydrogen) atoms. The fourth-order valence-electron chi connectivity index (χ4n) is 2.37. The molecule has 0 aromatic heterocycles. The summed E-state index contributed by atoms with van der Waals surface area (Å²) < 4.78 is 10.2. The van der Waals surface area contributed by atoms with Gasteiger partial charge in [0.2, 0.25) is 0 Å². The second-order valence-electron chi connectivity index (χ2n) is 4.91. The molecule has 106 valence electrons. The number of carbonyl (C=O) groups excluding carboxylic acids is 1. The number of carbonyl (C=O) groups is 1. The summed E-state index contributed by atoms with van der Waals surface area (Å²) in [7, 11) is 3.49. The van der Waals surface area contributed by atoms with Crippen molar-refractivity contribution in [2.45, 2.75) is 25.8 Å². The van der Waals surface area contributed by atoms with E-state index in [-0.39, 0.29) is 12.0 Å². The summed E-state index contributed by atoms with van der Waals surface area (Å²) in [5, 5.41) is 3.16. The van der Waals surface area contributed by atoms with Crippen molar-refractivity contribution < 1.29 is 14.3 Å². The summed E-state index contributed by atoms with van der Waals surface area (Å²) in [6.45, 7) is 6.21. The van der Waals surface area contributed by atoms with Gasteiger partial charge in [-0.3, -0.25) is 4.79 Å². The van der Waals surface area contributed by atoms with Crippen molar-refractivity contribution in [3.8, 4) is 0 Å². The molecule has 1 N–H and O–H groups in total. The first-order valence-corrected chi connectivity index (χ1v) is 6.74. The van der Waals surface area contributed by atoms with Crippen molar-refractivity contribution in [1.29, 1.82) is 0 Å². The lowest BCUT2D eigenvalue weighted by atomic mass is 10.00. The maximum Gasteiger partial charge on any atom is 0.324 e. The minimum absolute atomic E-state index is 0.185. The molecule has 5 nitrogen and oxygen atoms in total. The van der Waals surface area contributed by atoms with Gasteiger partial charge in [0.1, 0.15) is 6.04 Å². The van der Waals surface area contributed by atoms with Crippen LogP contribution in [0.1, 0.15) is 19.8 Å². The molecule has 0 aromatic carbocycles. The number of hydrogen-bond acceptors (Lipinski definition) is 5. The van der Waals surface area contributed by atoms with Crippen LogP contribution in [-0.2, 0) is 14.3 Å². The molecule has 0 radical (unpaired) electrons. The Bertz CT molecular complexity index is 242. The van der Waals surface area contributed by atoms with E-state index in [2.05, 4.69) is 17.3 Å². The number of methoxy groups -OCH3 is 1. The van der Waals surface area contributed by atoms with Crippen molar-refractivity contribution >= 4 is 5.97 Å². The SMILES string of the molecule is CCNC(CN(C)CC1CCOCC1)C(=O)OC. The van der Waals surface area contributed by atoms with Crippen molar-refractivity contribution in [3.05, 3.63) is 0 Å². The van der Waals surface area contributed by atoms with Gasteiger partial charge in [0, 0.05) is 26.3 Å². The molecule has 0 bridgehead atoms. The Hall–Kier alpha value is -0.650. The van der Waals surface area contributed by atoms with Crippen LogP contribution in [-0.4, -0.2) is 63.9 Å². The summed E-state index contributed by atoms with van der Waals surface area (Å²) in [5.41, 5.74) is 0. The van der Waals surface area contributed by atoms with Gasteiger partial charge in [-0.1, -0.05) is 6.92 Å². The van der Waals surface area contributed by atoms with Gasteiger partial charge in [-0.15, -0.1) is 0 Å². The molecule has 0 spiro atoms. The van der Waals surface area contributed by atoms with Crippen molar-refractivity contribution in [2.24, 2.45) is 5.92 Å². The summed E-state index contributed by atoms with van der Waals surface area (Å²) >= 11 is 0. The molecular weight excluding hydrogens is 232 g/mol. The Morgan fingerprint density at radius 3 is 2.72 bits per heavy atom. The third-order valence-corrected chi connectivity index (χ3v) is 3.34. The Morgan fingerprint density at radius 2 is 2.17 bits per heavy atom. The number of nitrogens with one attached hydrogen (secondary N) is 1. The topological polar surface area (TPSA) is 50.8 Å². The van der Waals surface area contributed by atoms with E-state index in [0.29, 0.717) is 12.5 Å². The molecule has 1 heterocycles. The molecule has 1 aliphatic rings. The quantitative estimate of drug-likeness (QED) is 0.674. The number of hydrogen-bond donors (Lipinski definition) is 1. The Labute approximate surface area is 110 Å². The number of ether oxygens (including phenoxy) is 2. The molecule has 1 saturated heterocycles. The van der Waals surface area contributed by atoms with Crippen LogP contribution in [0.25, 0.3) is 0 Å². The van der Waals surface area contributed by atoms with E-state index in [1.807, 2.05) is 6.92 Å². The zero-order valence-corrected chi connectivity index (χ0v) is 11.8. The van der Waals surface area contributed by atoms with Gasteiger partial charge in [-0.25, -0.2) is 0 Å². The summed E-state index contributed by atoms with van der Waals surface area (Å²) in [6, 6.07) is -0.232. The highest BCUT2D eigenvalue weighted by molar-refractivity contribution is 5.75. The predicted molar refractivity (Wildman–Crippen MR) is 70.5 cm³/mol. The Kier molecular flexibility index (Phi) is 7.23. The normalized spacial score (nSPS) is 18.9. The van der Waals surface area contributed by atoms with E-state index in [4.69, 9.17) is 9.47 Å². The Balaban J connectivity index is 2.34. The fourth-order valence-corrected chi connectivity index (χ4v) is 2.37. The number of likely N-dealkylation sites (N-methyl/N-ethyl adjacent to an activating group) is 2. The first-order chi connectivity index (χ1) is 8.67. The van der Waals surface area contributed by atoms with E-state index >= 15 is 0 Å². The first kappa shape index (κ1) is 15.4. The maximum atomic E-state index is 11.6. The van der Waals surface area contributed by atoms with Crippen LogP contribution in [0.5, 0.6) is 0 Å². The van der Waals surface area contributed by atoms with Crippen LogP contribution in [0.2, 0.25) is 0 Å². The lowest BCUT2D eigenvalue weighted by Crippen LogP contribution is -2.46.